The molecule has 0 fully saturated rings. The predicted molar refractivity (Wildman–Crippen MR) is 60.9 cm³/mol. The number of fused-ring (bicyclic) bond motifs is 1. The maximum atomic E-state index is 3.94. The molecular weight excluding hydrogens is 200 g/mol. The van der Waals surface area contributed by atoms with E-state index in [0.717, 1.165) is 5.82 Å². The van der Waals surface area contributed by atoms with E-state index in [0.29, 0.717) is 6.42 Å². The van der Waals surface area contributed by atoms with Crippen LogP contribution in [0.3, 0.4) is 0 Å². The molecule has 0 atom stereocenters. The largest absolute Gasteiger partial charge is 0.178 e. The molecule has 4 nitrogen and oxygen atoms in total. The fourth-order valence-electron chi connectivity index (χ4n) is 1.79. The lowest BCUT2D eigenvalue weighted by Crippen LogP contribution is -1.91. The van der Waals surface area contributed by atoms with E-state index in [2.05, 4.69) is 51.0 Å². The summed E-state index contributed by atoms with van der Waals surface area (Å²) in [5.74, 6) is 0.718. The van der Waals surface area contributed by atoms with Crippen LogP contribution in [0, 0.1) is 0 Å². The highest BCUT2D eigenvalue weighted by Crippen LogP contribution is 2.16. The Kier molecular flexibility index (Phi) is 2.11. The van der Waals surface area contributed by atoms with Crippen molar-refractivity contribution in [3.63, 3.8) is 0 Å². The lowest BCUT2D eigenvalue weighted by molar-refractivity contribution is 0.881. The fraction of sp³-hybridized carbons (Fsp3) is 0.0833. The number of aromatic amines is 1. The number of tetrazole rings is 1. The van der Waals surface area contributed by atoms with Crippen LogP contribution in [0.1, 0.15) is 11.4 Å². The third kappa shape index (κ3) is 1.65. The van der Waals surface area contributed by atoms with Crippen LogP contribution in [0.15, 0.2) is 42.5 Å². The van der Waals surface area contributed by atoms with Crippen molar-refractivity contribution in [3.8, 4) is 0 Å². The monoisotopic (exact) mass is 210 g/mol. The Morgan fingerprint density at radius 2 is 1.88 bits per heavy atom. The second-order valence-corrected chi connectivity index (χ2v) is 3.69. The van der Waals surface area contributed by atoms with E-state index < -0.39 is 0 Å². The van der Waals surface area contributed by atoms with Gasteiger partial charge in [0.15, 0.2) is 5.82 Å². The molecule has 0 spiro atoms. The average Bonchev–Trinajstić information content (AvgIpc) is 2.82. The number of H-pyrrole nitrogens is 1. The first-order valence-electron chi connectivity index (χ1n) is 5.12. The standard InChI is InChI=1S/C12H10N4/c1-2-4-11-7-9(5-6-10(11)3-1)8-12-13-15-16-14-12/h1-7H,8H2,(H,13,14,15,16). The van der Waals surface area contributed by atoms with E-state index in [1.165, 1.54) is 16.3 Å². The van der Waals surface area contributed by atoms with Gasteiger partial charge in [-0.05, 0) is 16.3 Å². The number of nitrogens with one attached hydrogen (secondary N) is 1. The van der Waals surface area contributed by atoms with Gasteiger partial charge in [-0.1, -0.05) is 47.7 Å². The smallest absolute Gasteiger partial charge is 0.177 e. The molecule has 1 heterocycles. The molecule has 1 aromatic heterocycles. The summed E-state index contributed by atoms with van der Waals surface area (Å²) in [5, 5.41) is 16.4. The molecule has 4 heteroatoms. The first-order chi connectivity index (χ1) is 7.92. The van der Waals surface area contributed by atoms with Gasteiger partial charge in [-0.3, -0.25) is 0 Å². The highest BCUT2D eigenvalue weighted by molar-refractivity contribution is 5.83. The molecule has 0 saturated heterocycles. The Bertz CT molecular complexity index is 601. The van der Waals surface area contributed by atoms with Gasteiger partial charge in [0.05, 0.1) is 0 Å². The second-order valence-electron chi connectivity index (χ2n) is 3.69. The Morgan fingerprint density at radius 1 is 1.00 bits per heavy atom. The molecule has 3 rings (SSSR count). The predicted octanol–water partition coefficient (Wildman–Crippen LogP) is 1.94. The van der Waals surface area contributed by atoms with Crippen LogP contribution in [0.5, 0.6) is 0 Å². The molecule has 0 aliphatic rings. The molecule has 2 aromatic carbocycles. The molecule has 0 radical (unpaired) electrons. The van der Waals surface area contributed by atoms with Crippen LogP contribution in [-0.4, -0.2) is 20.6 Å². The second kappa shape index (κ2) is 3.73. The van der Waals surface area contributed by atoms with Crippen molar-refractivity contribution in [3.05, 3.63) is 53.9 Å². The van der Waals surface area contributed by atoms with E-state index in [1.807, 2.05) is 12.1 Å². The summed E-state index contributed by atoms with van der Waals surface area (Å²) in [6.07, 6.45) is 0.710. The van der Waals surface area contributed by atoms with Crippen molar-refractivity contribution in [2.24, 2.45) is 0 Å². The van der Waals surface area contributed by atoms with Crippen LogP contribution in [-0.2, 0) is 6.42 Å². The molecule has 0 amide bonds. The highest BCUT2D eigenvalue weighted by atomic mass is 15.5. The molecule has 0 aliphatic carbocycles. The molecule has 1 N–H and O–H groups in total. The van der Waals surface area contributed by atoms with E-state index in [9.17, 15) is 0 Å². The van der Waals surface area contributed by atoms with E-state index >= 15 is 0 Å². The molecule has 16 heavy (non-hydrogen) atoms. The zero-order chi connectivity index (χ0) is 10.8. The van der Waals surface area contributed by atoms with Gasteiger partial charge in [0.2, 0.25) is 0 Å². The first-order valence-corrected chi connectivity index (χ1v) is 5.12. The van der Waals surface area contributed by atoms with Gasteiger partial charge < -0.3 is 0 Å². The van der Waals surface area contributed by atoms with E-state index in [4.69, 9.17) is 0 Å². The molecule has 0 aliphatic heterocycles. The Hall–Kier alpha value is -2.23. The number of hydrogen-bond donors (Lipinski definition) is 1. The van der Waals surface area contributed by atoms with Gasteiger partial charge in [-0.25, -0.2) is 0 Å². The highest BCUT2D eigenvalue weighted by Gasteiger charge is 2.01. The van der Waals surface area contributed by atoms with Crippen LogP contribution in [0.2, 0.25) is 0 Å². The topological polar surface area (TPSA) is 54.5 Å². The summed E-state index contributed by atoms with van der Waals surface area (Å²) < 4.78 is 0. The molecule has 78 valence electrons. The minimum atomic E-state index is 0.710. The molecule has 3 aromatic rings. The molecular formula is C12H10N4. The van der Waals surface area contributed by atoms with Gasteiger partial charge in [-0.2, -0.15) is 5.21 Å². The normalized spacial score (nSPS) is 10.8. The first kappa shape index (κ1) is 9.03. The van der Waals surface area contributed by atoms with Crippen molar-refractivity contribution >= 4 is 10.8 Å². The Morgan fingerprint density at radius 3 is 2.69 bits per heavy atom. The summed E-state index contributed by atoms with van der Waals surface area (Å²) in [6, 6.07) is 14.7. The zero-order valence-electron chi connectivity index (χ0n) is 8.59. The Labute approximate surface area is 92.3 Å². The van der Waals surface area contributed by atoms with Gasteiger partial charge in [0.25, 0.3) is 0 Å². The van der Waals surface area contributed by atoms with Gasteiger partial charge >= 0.3 is 0 Å². The van der Waals surface area contributed by atoms with Crippen molar-refractivity contribution < 1.29 is 0 Å². The lowest BCUT2D eigenvalue weighted by atomic mass is 10.1. The lowest BCUT2D eigenvalue weighted by Gasteiger charge is -2.00. The van der Waals surface area contributed by atoms with Crippen LogP contribution in [0.4, 0.5) is 0 Å². The molecule has 0 unspecified atom stereocenters. The van der Waals surface area contributed by atoms with E-state index in [-0.39, 0.29) is 0 Å². The third-order valence-corrected chi connectivity index (χ3v) is 2.57. The van der Waals surface area contributed by atoms with Crippen LogP contribution in [0.25, 0.3) is 10.8 Å². The SMILES string of the molecule is c1ccc2cc(Cc3nn[nH]n3)ccc2c1. The average molecular weight is 210 g/mol. The minimum Gasteiger partial charge on any atom is -0.177 e. The minimum absolute atomic E-state index is 0.710. The van der Waals surface area contributed by atoms with Crippen molar-refractivity contribution in [1.82, 2.24) is 20.6 Å². The summed E-state index contributed by atoms with van der Waals surface area (Å²) >= 11 is 0. The van der Waals surface area contributed by atoms with Crippen molar-refractivity contribution in [2.45, 2.75) is 6.42 Å². The van der Waals surface area contributed by atoms with Crippen molar-refractivity contribution in [1.29, 1.82) is 0 Å². The van der Waals surface area contributed by atoms with Gasteiger partial charge in [-0.15, -0.1) is 10.2 Å². The number of aromatic nitrogens is 4. The van der Waals surface area contributed by atoms with Crippen LogP contribution >= 0.6 is 0 Å². The number of nitrogens with zero attached hydrogens (tertiary/aromatic N) is 3. The number of hydrogen-bond acceptors (Lipinski definition) is 3. The fourth-order valence-corrected chi connectivity index (χ4v) is 1.79. The number of benzene rings is 2. The Balaban J connectivity index is 1.99. The van der Waals surface area contributed by atoms with Crippen molar-refractivity contribution in [2.75, 3.05) is 0 Å². The maximum absolute atomic E-state index is 3.94. The summed E-state index contributed by atoms with van der Waals surface area (Å²) in [5.41, 5.74) is 1.19. The number of rotatable bonds is 2. The molecule has 0 saturated carbocycles. The summed E-state index contributed by atoms with van der Waals surface area (Å²) in [4.78, 5) is 0. The third-order valence-electron chi connectivity index (χ3n) is 2.57. The van der Waals surface area contributed by atoms with Gasteiger partial charge in [0.1, 0.15) is 0 Å². The quantitative estimate of drug-likeness (QED) is 0.703. The van der Waals surface area contributed by atoms with Crippen LogP contribution < -0.4 is 0 Å². The summed E-state index contributed by atoms with van der Waals surface area (Å²) in [6.45, 7) is 0. The van der Waals surface area contributed by atoms with Gasteiger partial charge in [0, 0.05) is 6.42 Å². The maximum Gasteiger partial charge on any atom is 0.178 e. The van der Waals surface area contributed by atoms with E-state index in [1.54, 1.807) is 0 Å². The zero-order valence-corrected chi connectivity index (χ0v) is 8.59. The summed E-state index contributed by atoms with van der Waals surface area (Å²) in [7, 11) is 0. The molecule has 0 bridgehead atoms.